The number of rotatable bonds is 5. The lowest BCUT2D eigenvalue weighted by atomic mass is 10.2. The normalized spacial score (nSPS) is 23.1. The molecule has 1 aromatic rings. The van der Waals surface area contributed by atoms with Gasteiger partial charge in [0.15, 0.2) is 0 Å². The monoisotopic (exact) mass is 266 g/mol. The van der Waals surface area contributed by atoms with Crippen LogP contribution in [0, 0.1) is 0 Å². The zero-order chi connectivity index (χ0) is 13.0. The van der Waals surface area contributed by atoms with Gasteiger partial charge in [-0.25, -0.2) is 9.97 Å². The molecular weight excluding hydrogens is 244 g/mol. The van der Waals surface area contributed by atoms with E-state index in [9.17, 15) is 0 Å². The maximum atomic E-state index is 4.40. The standard InChI is InChI=1S/C13H22N4S/c1-4-11-12(14-2)15-8-16-13(11)17-9-5-6-10(7-9)18-3/h8-10H,4-7H2,1-3H3,(H2,14,15,16,17). The summed E-state index contributed by atoms with van der Waals surface area (Å²) in [5.41, 5.74) is 1.19. The third-order valence-corrected chi connectivity index (χ3v) is 4.69. The van der Waals surface area contributed by atoms with Crippen molar-refractivity contribution in [3.63, 3.8) is 0 Å². The molecule has 1 aromatic heterocycles. The Morgan fingerprint density at radius 1 is 1.33 bits per heavy atom. The first kappa shape index (κ1) is 13.5. The van der Waals surface area contributed by atoms with Gasteiger partial charge >= 0.3 is 0 Å². The Morgan fingerprint density at radius 3 is 2.72 bits per heavy atom. The Balaban J connectivity index is 2.09. The quantitative estimate of drug-likeness (QED) is 0.858. The number of hydrogen-bond donors (Lipinski definition) is 2. The van der Waals surface area contributed by atoms with E-state index in [2.05, 4.69) is 33.8 Å². The Morgan fingerprint density at radius 2 is 2.11 bits per heavy atom. The summed E-state index contributed by atoms with van der Waals surface area (Å²) in [6.45, 7) is 2.14. The molecule has 1 fully saturated rings. The number of aromatic nitrogens is 2. The minimum Gasteiger partial charge on any atom is -0.373 e. The van der Waals surface area contributed by atoms with E-state index in [1.165, 1.54) is 24.8 Å². The molecule has 0 aliphatic heterocycles. The van der Waals surface area contributed by atoms with Gasteiger partial charge in [-0.15, -0.1) is 0 Å². The molecule has 0 saturated heterocycles. The fraction of sp³-hybridized carbons (Fsp3) is 0.692. The van der Waals surface area contributed by atoms with Crippen LogP contribution in [0.4, 0.5) is 11.6 Å². The van der Waals surface area contributed by atoms with E-state index < -0.39 is 0 Å². The van der Waals surface area contributed by atoms with Crippen molar-refractivity contribution < 1.29 is 0 Å². The van der Waals surface area contributed by atoms with Gasteiger partial charge in [0.2, 0.25) is 0 Å². The van der Waals surface area contributed by atoms with Crippen molar-refractivity contribution >= 4 is 23.4 Å². The molecule has 2 N–H and O–H groups in total. The van der Waals surface area contributed by atoms with E-state index in [0.717, 1.165) is 23.3 Å². The Kier molecular flexibility index (Phi) is 4.69. The molecule has 4 nitrogen and oxygen atoms in total. The molecule has 0 radical (unpaired) electrons. The summed E-state index contributed by atoms with van der Waals surface area (Å²) in [6, 6.07) is 0.562. The fourth-order valence-electron chi connectivity index (χ4n) is 2.57. The summed E-state index contributed by atoms with van der Waals surface area (Å²) in [6.07, 6.45) is 8.57. The lowest BCUT2D eigenvalue weighted by Crippen LogP contribution is -2.19. The molecule has 2 rings (SSSR count). The van der Waals surface area contributed by atoms with Gasteiger partial charge in [0.05, 0.1) is 0 Å². The SMILES string of the molecule is CCc1c(NC)ncnc1NC1CCC(SC)C1. The highest BCUT2D eigenvalue weighted by atomic mass is 32.2. The van der Waals surface area contributed by atoms with E-state index in [1.807, 2.05) is 18.8 Å². The van der Waals surface area contributed by atoms with E-state index >= 15 is 0 Å². The lowest BCUT2D eigenvalue weighted by molar-refractivity contribution is 0.748. The molecule has 2 atom stereocenters. The van der Waals surface area contributed by atoms with Gasteiger partial charge in [-0.1, -0.05) is 6.92 Å². The number of thioether (sulfide) groups is 1. The van der Waals surface area contributed by atoms with Crippen LogP contribution in [0.15, 0.2) is 6.33 Å². The van der Waals surface area contributed by atoms with Crippen LogP contribution in [0.2, 0.25) is 0 Å². The summed E-state index contributed by atoms with van der Waals surface area (Å²) in [4.78, 5) is 8.67. The van der Waals surface area contributed by atoms with Crippen molar-refractivity contribution in [3.05, 3.63) is 11.9 Å². The first-order valence-electron chi connectivity index (χ1n) is 6.59. The predicted molar refractivity (Wildman–Crippen MR) is 79.5 cm³/mol. The van der Waals surface area contributed by atoms with Gasteiger partial charge in [0, 0.05) is 23.9 Å². The van der Waals surface area contributed by atoms with Crippen LogP contribution >= 0.6 is 11.8 Å². The highest BCUT2D eigenvalue weighted by Gasteiger charge is 2.24. The average molecular weight is 266 g/mol. The minimum absolute atomic E-state index is 0.562. The molecule has 0 spiro atoms. The summed E-state index contributed by atoms with van der Waals surface area (Å²) in [5.74, 6) is 1.94. The van der Waals surface area contributed by atoms with Crippen molar-refractivity contribution in [2.45, 2.75) is 43.9 Å². The molecule has 1 aliphatic carbocycles. The van der Waals surface area contributed by atoms with E-state index in [4.69, 9.17) is 0 Å². The second-order valence-corrected chi connectivity index (χ2v) is 5.80. The number of anilines is 2. The second-order valence-electron chi connectivity index (χ2n) is 4.67. The van der Waals surface area contributed by atoms with Crippen LogP contribution in [-0.4, -0.2) is 34.6 Å². The van der Waals surface area contributed by atoms with Crippen molar-refractivity contribution in [2.75, 3.05) is 23.9 Å². The van der Waals surface area contributed by atoms with Crippen LogP contribution in [-0.2, 0) is 6.42 Å². The van der Waals surface area contributed by atoms with Gasteiger partial charge in [-0.05, 0) is 31.9 Å². The van der Waals surface area contributed by atoms with Crippen LogP contribution in [0.3, 0.4) is 0 Å². The number of nitrogens with one attached hydrogen (secondary N) is 2. The van der Waals surface area contributed by atoms with Crippen molar-refractivity contribution in [1.82, 2.24) is 9.97 Å². The molecule has 1 saturated carbocycles. The van der Waals surface area contributed by atoms with E-state index in [0.29, 0.717) is 6.04 Å². The maximum Gasteiger partial charge on any atom is 0.134 e. The van der Waals surface area contributed by atoms with Gasteiger partial charge in [0.25, 0.3) is 0 Å². The zero-order valence-electron chi connectivity index (χ0n) is 11.4. The summed E-state index contributed by atoms with van der Waals surface area (Å²) in [5, 5.41) is 7.54. The molecule has 1 heterocycles. The maximum absolute atomic E-state index is 4.40. The van der Waals surface area contributed by atoms with Gasteiger partial charge in [-0.2, -0.15) is 11.8 Å². The lowest BCUT2D eigenvalue weighted by Gasteiger charge is -2.17. The van der Waals surface area contributed by atoms with E-state index in [-0.39, 0.29) is 0 Å². The van der Waals surface area contributed by atoms with Crippen molar-refractivity contribution in [3.8, 4) is 0 Å². The summed E-state index contributed by atoms with van der Waals surface area (Å²) < 4.78 is 0. The first-order chi connectivity index (χ1) is 8.78. The Bertz CT molecular complexity index is 397. The van der Waals surface area contributed by atoms with Crippen LogP contribution < -0.4 is 10.6 Å². The zero-order valence-corrected chi connectivity index (χ0v) is 12.2. The predicted octanol–water partition coefficient (Wildman–Crippen LogP) is 2.78. The average Bonchev–Trinajstić information content (AvgIpc) is 2.86. The molecule has 5 heteroatoms. The molecule has 100 valence electrons. The Hall–Kier alpha value is -0.970. The fourth-order valence-corrected chi connectivity index (χ4v) is 3.36. The highest BCUT2D eigenvalue weighted by molar-refractivity contribution is 7.99. The van der Waals surface area contributed by atoms with Crippen molar-refractivity contribution in [1.29, 1.82) is 0 Å². The summed E-state index contributed by atoms with van der Waals surface area (Å²) >= 11 is 1.98. The highest BCUT2D eigenvalue weighted by Crippen LogP contribution is 2.31. The molecule has 18 heavy (non-hydrogen) atoms. The second kappa shape index (κ2) is 6.27. The number of hydrogen-bond acceptors (Lipinski definition) is 5. The van der Waals surface area contributed by atoms with Gasteiger partial charge in [-0.3, -0.25) is 0 Å². The van der Waals surface area contributed by atoms with Crippen LogP contribution in [0.1, 0.15) is 31.7 Å². The molecule has 0 bridgehead atoms. The smallest absolute Gasteiger partial charge is 0.134 e. The molecule has 1 aliphatic rings. The third-order valence-electron chi connectivity index (χ3n) is 3.59. The van der Waals surface area contributed by atoms with E-state index in [1.54, 1.807) is 6.33 Å². The molecule has 2 unspecified atom stereocenters. The third kappa shape index (κ3) is 2.88. The largest absolute Gasteiger partial charge is 0.373 e. The van der Waals surface area contributed by atoms with Crippen molar-refractivity contribution in [2.24, 2.45) is 0 Å². The topological polar surface area (TPSA) is 49.8 Å². The van der Waals surface area contributed by atoms with Gasteiger partial charge in [0.1, 0.15) is 18.0 Å². The van der Waals surface area contributed by atoms with Crippen LogP contribution in [0.25, 0.3) is 0 Å². The Labute approximate surface area is 113 Å². The molecule has 0 aromatic carbocycles. The van der Waals surface area contributed by atoms with Crippen LogP contribution in [0.5, 0.6) is 0 Å². The molecule has 0 amide bonds. The first-order valence-corrected chi connectivity index (χ1v) is 7.88. The molecular formula is C13H22N4S. The summed E-state index contributed by atoms with van der Waals surface area (Å²) in [7, 11) is 1.91. The van der Waals surface area contributed by atoms with Gasteiger partial charge < -0.3 is 10.6 Å². The minimum atomic E-state index is 0.562. The number of nitrogens with zero attached hydrogens (tertiary/aromatic N) is 2.